The fourth-order valence-electron chi connectivity index (χ4n) is 2.11. The van der Waals surface area contributed by atoms with Crippen molar-refractivity contribution >= 4 is 11.8 Å². The zero-order chi connectivity index (χ0) is 15.8. The summed E-state index contributed by atoms with van der Waals surface area (Å²) in [6.07, 6.45) is -2.55. The van der Waals surface area contributed by atoms with E-state index in [0.717, 1.165) is 18.9 Å². The van der Waals surface area contributed by atoms with Crippen LogP contribution in [0, 0.1) is 5.92 Å². The number of aromatic carboxylic acids is 1. The fraction of sp³-hybridized carbons (Fsp3) is 0.571. The summed E-state index contributed by atoms with van der Waals surface area (Å²) >= 11 is 0. The Morgan fingerprint density at radius 1 is 1.43 bits per heavy atom. The summed E-state index contributed by atoms with van der Waals surface area (Å²) in [4.78, 5) is 16.5. The van der Waals surface area contributed by atoms with Gasteiger partial charge >= 0.3 is 12.1 Å². The smallest absolute Gasteiger partial charge is 0.433 e. The van der Waals surface area contributed by atoms with E-state index in [-0.39, 0.29) is 17.4 Å². The summed E-state index contributed by atoms with van der Waals surface area (Å²) in [5.74, 6) is -0.961. The lowest BCUT2D eigenvalue weighted by atomic mass is 10.1. The molecule has 1 heterocycles. The maximum absolute atomic E-state index is 12.8. The van der Waals surface area contributed by atoms with E-state index in [0.29, 0.717) is 18.5 Å². The SMILES string of the molecule is CC(C)N(CC1CC1)c1nc(C(F)(F)F)ccc1C(=O)O. The molecule has 0 bridgehead atoms. The van der Waals surface area contributed by atoms with E-state index < -0.39 is 17.8 Å². The Balaban J connectivity index is 2.47. The molecule has 0 radical (unpaired) electrons. The lowest BCUT2D eigenvalue weighted by Crippen LogP contribution is -2.35. The van der Waals surface area contributed by atoms with E-state index in [2.05, 4.69) is 4.98 Å². The number of pyridine rings is 1. The number of carbonyl (C=O) groups is 1. The first-order chi connectivity index (χ1) is 9.70. The second-order valence-electron chi connectivity index (χ2n) is 5.56. The van der Waals surface area contributed by atoms with Gasteiger partial charge in [0.2, 0.25) is 0 Å². The summed E-state index contributed by atoms with van der Waals surface area (Å²) < 4.78 is 38.4. The molecule has 7 heteroatoms. The number of hydrogen-bond donors (Lipinski definition) is 1. The van der Waals surface area contributed by atoms with Crippen molar-refractivity contribution in [2.45, 2.75) is 38.9 Å². The van der Waals surface area contributed by atoms with Crippen molar-refractivity contribution in [1.29, 1.82) is 0 Å². The number of halogens is 3. The highest BCUT2D eigenvalue weighted by Gasteiger charge is 2.35. The van der Waals surface area contributed by atoms with Crippen LogP contribution in [-0.4, -0.2) is 28.6 Å². The molecule has 1 N–H and O–H groups in total. The van der Waals surface area contributed by atoms with Gasteiger partial charge in [0.05, 0.1) is 0 Å². The molecule has 0 aliphatic heterocycles. The third kappa shape index (κ3) is 3.65. The normalized spacial score (nSPS) is 15.3. The molecular weight excluding hydrogens is 285 g/mol. The van der Waals surface area contributed by atoms with Crippen LogP contribution in [-0.2, 0) is 6.18 Å². The zero-order valence-electron chi connectivity index (χ0n) is 11.8. The number of carboxylic acids is 1. The van der Waals surface area contributed by atoms with Gasteiger partial charge in [-0.2, -0.15) is 13.2 Å². The summed E-state index contributed by atoms with van der Waals surface area (Å²) in [7, 11) is 0. The van der Waals surface area contributed by atoms with Crippen molar-refractivity contribution in [3.05, 3.63) is 23.4 Å². The standard InChI is InChI=1S/C14H17F3N2O2/c1-8(2)19(7-9-3-4-9)12-10(13(20)21)5-6-11(18-12)14(15,16)17/h5-6,8-9H,3-4,7H2,1-2H3,(H,20,21). The van der Waals surface area contributed by atoms with Crippen molar-refractivity contribution in [3.63, 3.8) is 0 Å². The molecule has 1 aliphatic rings. The molecule has 21 heavy (non-hydrogen) atoms. The molecule has 0 unspecified atom stereocenters. The van der Waals surface area contributed by atoms with Crippen LogP contribution in [0.25, 0.3) is 0 Å². The maximum atomic E-state index is 12.8. The van der Waals surface area contributed by atoms with Crippen LogP contribution >= 0.6 is 0 Å². The molecule has 1 aliphatic carbocycles. The summed E-state index contributed by atoms with van der Waals surface area (Å²) in [5, 5.41) is 9.19. The van der Waals surface area contributed by atoms with Gasteiger partial charge in [0, 0.05) is 12.6 Å². The van der Waals surface area contributed by atoms with Crippen LogP contribution in [0.3, 0.4) is 0 Å². The third-order valence-corrected chi connectivity index (χ3v) is 3.44. The van der Waals surface area contributed by atoms with Gasteiger partial charge in [-0.1, -0.05) is 0 Å². The van der Waals surface area contributed by atoms with Crippen LogP contribution in [0.2, 0.25) is 0 Å². The largest absolute Gasteiger partial charge is 0.478 e. The minimum atomic E-state index is -4.59. The van der Waals surface area contributed by atoms with E-state index >= 15 is 0 Å². The predicted octanol–water partition coefficient (Wildman–Crippen LogP) is 3.42. The van der Waals surface area contributed by atoms with Gasteiger partial charge in [-0.05, 0) is 44.7 Å². The molecule has 0 amide bonds. The fourth-order valence-corrected chi connectivity index (χ4v) is 2.11. The molecule has 0 atom stereocenters. The Morgan fingerprint density at radius 3 is 2.48 bits per heavy atom. The first kappa shape index (κ1) is 15.6. The maximum Gasteiger partial charge on any atom is 0.433 e. The van der Waals surface area contributed by atoms with Crippen molar-refractivity contribution < 1.29 is 23.1 Å². The molecule has 0 saturated heterocycles. The molecule has 116 valence electrons. The number of hydrogen-bond acceptors (Lipinski definition) is 3. The zero-order valence-corrected chi connectivity index (χ0v) is 11.8. The van der Waals surface area contributed by atoms with Gasteiger partial charge in [-0.3, -0.25) is 0 Å². The monoisotopic (exact) mass is 302 g/mol. The Kier molecular flexibility index (Phi) is 4.11. The summed E-state index contributed by atoms with van der Waals surface area (Å²) in [5.41, 5.74) is -1.26. The van der Waals surface area contributed by atoms with Crippen LogP contribution in [0.5, 0.6) is 0 Å². The number of nitrogens with zero attached hydrogens (tertiary/aromatic N) is 2. The van der Waals surface area contributed by atoms with Crippen molar-refractivity contribution in [1.82, 2.24) is 4.98 Å². The molecule has 2 rings (SSSR count). The molecule has 0 spiro atoms. The van der Waals surface area contributed by atoms with E-state index in [1.807, 2.05) is 13.8 Å². The van der Waals surface area contributed by atoms with Crippen molar-refractivity contribution in [2.75, 3.05) is 11.4 Å². The quantitative estimate of drug-likeness (QED) is 0.905. The average molecular weight is 302 g/mol. The Labute approximate surface area is 120 Å². The van der Waals surface area contributed by atoms with Gasteiger partial charge in [0.25, 0.3) is 0 Å². The number of anilines is 1. The minimum absolute atomic E-state index is 0.0979. The van der Waals surface area contributed by atoms with Crippen LogP contribution in [0.4, 0.5) is 19.0 Å². The van der Waals surface area contributed by atoms with Crippen LogP contribution < -0.4 is 4.90 Å². The molecule has 1 fully saturated rings. The number of alkyl halides is 3. The topological polar surface area (TPSA) is 53.4 Å². The second kappa shape index (κ2) is 5.54. The highest BCUT2D eigenvalue weighted by Crippen LogP contribution is 2.35. The van der Waals surface area contributed by atoms with E-state index in [9.17, 15) is 23.1 Å². The summed E-state index contributed by atoms with van der Waals surface area (Å²) in [6.45, 7) is 4.16. The van der Waals surface area contributed by atoms with Gasteiger partial charge in [-0.25, -0.2) is 9.78 Å². The lowest BCUT2D eigenvalue weighted by Gasteiger charge is -2.29. The van der Waals surface area contributed by atoms with E-state index in [1.54, 1.807) is 4.90 Å². The number of rotatable bonds is 5. The Morgan fingerprint density at radius 2 is 2.05 bits per heavy atom. The molecule has 0 aromatic carbocycles. The molecule has 1 saturated carbocycles. The first-order valence-electron chi connectivity index (χ1n) is 6.78. The number of carboxylic acid groups (broad SMARTS) is 1. The predicted molar refractivity (Wildman–Crippen MR) is 71.4 cm³/mol. The highest BCUT2D eigenvalue weighted by atomic mass is 19.4. The minimum Gasteiger partial charge on any atom is -0.478 e. The molecule has 1 aromatic rings. The van der Waals surface area contributed by atoms with Crippen LogP contribution in [0.15, 0.2) is 12.1 Å². The molecular formula is C14H17F3N2O2. The molecule has 1 aromatic heterocycles. The van der Waals surface area contributed by atoms with Gasteiger partial charge in [0.1, 0.15) is 17.1 Å². The first-order valence-corrected chi connectivity index (χ1v) is 6.78. The number of aromatic nitrogens is 1. The van der Waals surface area contributed by atoms with Gasteiger partial charge in [-0.15, -0.1) is 0 Å². The molecule has 4 nitrogen and oxygen atoms in total. The third-order valence-electron chi connectivity index (χ3n) is 3.44. The second-order valence-corrected chi connectivity index (χ2v) is 5.56. The van der Waals surface area contributed by atoms with Gasteiger partial charge in [0.15, 0.2) is 0 Å². The average Bonchev–Trinajstić information content (AvgIpc) is 3.17. The van der Waals surface area contributed by atoms with Gasteiger partial charge < -0.3 is 10.0 Å². The Hall–Kier alpha value is -1.79. The van der Waals surface area contributed by atoms with Crippen molar-refractivity contribution in [2.24, 2.45) is 5.92 Å². The highest BCUT2D eigenvalue weighted by molar-refractivity contribution is 5.93. The lowest BCUT2D eigenvalue weighted by molar-refractivity contribution is -0.141. The summed E-state index contributed by atoms with van der Waals surface area (Å²) in [6, 6.07) is 1.57. The Bertz CT molecular complexity index is 540. The van der Waals surface area contributed by atoms with E-state index in [1.165, 1.54) is 0 Å². The van der Waals surface area contributed by atoms with Crippen molar-refractivity contribution in [3.8, 4) is 0 Å². The van der Waals surface area contributed by atoms with Crippen LogP contribution in [0.1, 0.15) is 42.7 Å². The van der Waals surface area contributed by atoms with E-state index in [4.69, 9.17) is 0 Å².